The maximum Gasteiger partial charge on any atom is 0.239 e. The molecule has 11 N–H and O–H groups in total. The number of hydrogen-bond donors (Lipinski definition) is 7. The van der Waals surface area contributed by atoms with Crippen LogP contribution in [0.15, 0.2) is 76.2 Å². The zero-order valence-corrected chi connectivity index (χ0v) is 25.9. The van der Waals surface area contributed by atoms with Crippen LogP contribution in [0.4, 0.5) is 5.69 Å². The SMILES string of the molecule is NC(N)=NCCC[C@H](NC(=O)CNC(=O)[C@@H](Cc1ccc(N=C(N)N)cc1)NS(=O)(=O)Cc1ccccc1)C(=O)c1nccs1. The highest BCUT2D eigenvalue weighted by Gasteiger charge is 2.27. The summed E-state index contributed by atoms with van der Waals surface area (Å²) in [4.78, 5) is 51.0. The molecule has 1 heterocycles. The highest BCUT2D eigenvalue weighted by molar-refractivity contribution is 7.88. The summed E-state index contributed by atoms with van der Waals surface area (Å²) >= 11 is 1.13. The van der Waals surface area contributed by atoms with Crippen LogP contribution in [0.5, 0.6) is 0 Å². The minimum Gasteiger partial charge on any atom is -0.370 e. The Morgan fingerprint density at radius 3 is 2.24 bits per heavy atom. The topological polar surface area (TPSA) is 263 Å². The molecule has 0 aliphatic rings. The van der Waals surface area contributed by atoms with Gasteiger partial charge in [0.15, 0.2) is 16.9 Å². The molecule has 0 aliphatic heterocycles. The number of nitrogens with two attached hydrogens (primary N) is 4. The molecule has 1 aromatic heterocycles. The third-order valence-corrected chi connectivity index (χ3v) is 8.28. The number of guanidine groups is 2. The lowest BCUT2D eigenvalue weighted by molar-refractivity contribution is -0.127. The van der Waals surface area contributed by atoms with Crippen molar-refractivity contribution >= 4 is 56.6 Å². The van der Waals surface area contributed by atoms with Crippen molar-refractivity contribution in [1.82, 2.24) is 20.3 Å². The van der Waals surface area contributed by atoms with E-state index >= 15 is 0 Å². The molecule has 0 bridgehead atoms. The highest BCUT2D eigenvalue weighted by atomic mass is 32.2. The van der Waals surface area contributed by atoms with Gasteiger partial charge in [-0.1, -0.05) is 42.5 Å². The molecule has 0 unspecified atom stereocenters. The van der Waals surface area contributed by atoms with Crippen molar-refractivity contribution in [3.8, 4) is 0 Å². The van der Waals surface area contributed by atoms with Crippen molar-refractivity contribution in [3.63, 3.8) is 0 Å². The number of aliphatic imine (C=N–C) groups is 2. The van der Waals surface area contributed by atoms with Gasteiger partial charge in [-0.15, -0.1) is 11.3 Å². The van der Waals surface area contributed by atoms with E-state index in [0.717, 1.165) is 11.3 Å². The zero-order valence-electron chi connectivity index (χ0n) is 24.3. The number of thiazole rings is 1. The van der Waals surface area contributed by atoms with Gasteiger partial charge in [0.25, 0.3) is 0 Å². The molecule has 17 heteroatoms. The van der Waals surface area contributed by atoms with Crippen LogP contribution >= 0.6 is 11.3 Å². The van der Waals surface area contributed by atoms with Gasteiger partial charge in [0.05, 0.1) is 24.0 Å². The number of nitrogens with zero attached hydrogens (tertiary/aromatic N) is 3. The average molecular weight is 657 g/mol. The Labute approximate surface area is 264 Å². The van der Waals surface area contributed by atoms with Gasteiger partial charge in [0, 0.05) is 18.1 Å². The van der Waals surface area contributed by atoms with E-state index in [4.69, 9.17) is 22.9 Å². The van der Waals surface area contributed by atoms with Crippen LogP contribution in [0.1, 0.15) is 33.8 Å². The molecule has 3 rings (SSSR count). The maximum atomic E-state index is 13.3. The number of amides is 2. The first-order valence-corrected chi connectivity index (χ1v) is 16.2. The van der Waals surface area contributed by atoms with Crippen LogP contribution in [0.2, 0.25) is 0 Å². The van der Waals surface area contributed by atoms with E-state index in [1.54, 1.807) is 60.0 Å². The monoisotopic (exact) mass is 656 g/mol. The Bertz CT molecular complexity index is 1590. The van der Waals surface area contributed by atoms with E-state index in [2.05, 4.69) is 30.3 Å². The first-order chi connectivity index (χ1) is 21.4. The molecule has 0 fully saturated rings. The molecular weight excluding hydrogens is 621 g/mol. The van der Waals surface area contributed by atoms with Crippen molar-refractivity contribution in [1.29, 1.82) is 0 Å². The van der Waals surface area contributed by atoms with Gasteiger partial charge in [-0.3, -0.25) is 19.4 Å². The molecule has 0 spiro atoms. The van der Waals surface area contributed by atoms with Gasteiger partial charge in [-0.2, -0.15) is 0 Å². The Balaban J connectivity index is 1.71. The van der Waals surface area contributed by atoms with Crippen LogP contribution in [0.25, 0.3) is 0 Å². The summed E-state index contributed by atoms with van der Waals surface area (Å²) in [6.07, 6.45) is 2.04. The Morgan fingerprint density at radius 2 is 1.62 bits per heavy atom. The number of aromatic nitrogens is 1. The second-order valence-electron chi connectivity index (χ2n) is 9.81. The number of sulfonamides is 1. The number of benzene rings is 2. The summed E-state index contributed by atoms with van der Waals surface area (Å²) in [7, 11) is -3.98. The van der Waals surface area contributed by atoms with E-state index in [1.807, 2.05) is 0 Å². The summed E-state index contributed by atoms with van der Waals surface area (Å²) in [5.74, 6) is -2.38. The Morgan fingerprint density at radius 1 is 0.911 bits per heavy atom. The van der Waals surface area contributed by atoms with E-state index in [9.17, 15) is 22.8 Å². The molecule has 45 heavy (non-hydrogen) atoms. The van der Waals surface area contributed by atoms with Gasteiger partial charge in [-0.05, 0) is 42.5 Å². The maximum absolute atomic E-state index is 13.3. The Hall–Kier alpha value is -4.87. The lowest BCUT2D eigenvalue weighted by Gasteiger charge is -2.20. The van der Waals surface area contributed by atoms with Crippen molar-refractivity contribution in [3.05, 3.63) is 82.3 Å². The largest absolute Gasteiger partial charge is 0.370 e. The minimum atomic E-state index is -3.98. The number of ketones is 1. The summed E-state index contributed by atoms with van der Waals surface area (Å²) in [5.41, 5.74) is 23.1. The van der Waals surface area contributed by atoms with Crippen LogP contribution in [-0.4, -0.2) is 68.1 Å². The van der Waals surface area contributed by atoms with Gasteiger partial charge in [0.2, 0.25) is 27.6 Å². The number of carbonyl (C=O) groups is 3. The molecule has 15 nitrogen and oxygen atoms in total. The predicted octanol–water partition coefficient (Wildman–Crippen LogP) is -0.384. The standard InChI is InChI=1S/C28H36N10O5S2/c29-27(30)34-12-4-7-21(24(40)26-33-13-14-44-26)37-23(39)16-35-25(41)22(15-18-8-10-20(11-9-18)36-28(31)32)38-45(42,43)17-19-5-2-1-3-6-19/h1-3,5-6,8-11,13-14,21-22,38H,4,7,12,15-17H2,(H,35,41)(H,37,39)(H4,29,30,34)(H4,31,32,36)/t21-,22+/m0/s1. The minimum absolute atomic E-state index is 0.0421. The van der Waals surface area contributed by atoms with E-state index in [0.29, 0.717) is 23.2 Å². The summed E-state index contributed by atoms with van der Waals surface area (Å²) in [6, 6.07) is 12.8. The number of hydrogen-bond acceptors (Lipinski definition) is 9. The number of rotatable bonds is 17. The molecule has 0 radical (unpaired) electrons. The lowest BCUT2D eigenvalue weighted by atomic mass is 10.1. The van der Waals surface area contributed by atoms with E-state index in [1.165, 1.54) is 6.20 Å². The van der Waals surface area contributed by atoms with Crippen LogP contribution in [0, 0.1) is 0 Å². The molecule has 2 amide bonds. The molecular formula is C28H36N10O5S2. The lowest BCUT2D eigenvalue weighted by Crippen LogP contribution is -2.51. The quantitative estimate of drug-likeness (QED) is 0.0428. The van der Waals surface area contributed by atoms with Gasteiger partial charge >= 0.3 is 0 Å². The smallest absolute Gasteiger partial charge is 0.239 e. The van der Waals surface area contributed by atoms with Crippen LogP contribution < -0.4 is 38.3 Å². The summed E-state index contributed by atoms with van der Waals surface area (Å²) < 4.78 is 28.5. The summed E-state index contributed by atoms with van der Waals surface area (Å²) in [5, 5.41) is 6.95. The third kappa shape index (κ3) is 12.3. The van der Waals surface area contributed by atoms with Crippen molar-refractivity contribution in [2.75, 3.05) is 13.1 Å². The van der Waals surface area contributed by atoms with Crippen LogP contribution in [0.3, 0.4) is 0 Å². The molecule has 2 aromatic carbocycles. The zero-order chi connectivity index (χ0) is 32.8. The summed E-state index contributed by atoms with van der Waals surface area (Å²) in [6.45, 7) is -0.275. The fourth-order valence-corrected chi connectivity index (χ4v) is 6.10. The molecule has 240 valence electrons. The first-order valence-electron chi connectivity index (χ1n) is 13.7. The first kappa shape index (κ1) is 34.6. The van der Waals surface area contributed by atoms with Crippen molar-refractivity contribution < 1.29 is 22.8 Å². The third-order valence-electron chi connectivity index (χ3n) is 6.14. The van der Waals surface area contributed by atoms with Gasteiger partial charge in [-0.25, -0.2) is 23.1 Å². The number of nitrogens with one attached hydrogen (secondary N) is 3. The van der Waals surface area contributed by atoms with Crippen molar-refractivity contribution in [2.24, 2.45) is 32.9 Å². The Kier molecular flexibility index (Phi) is 13.0. The fourth-order valence-electron chi connectivity index (χ4n) is 4.13. The van der Waals surface area contributed by atoms with E-state index < -0.39 is 46.2 Å². The number of Topliss-reactive ketones (excluding diaryl/α,β-unsaturated/α-hetero) is 1. The van der Waals surface area contributed by atoms with Gasteiger partial charge < -0.3 is 33.6 Å². The van der Waals surface area contributed by atoms with Gasteiger partial charge in [0.1, 0.15) is 6.04 Å². The fraction of sp³-hybridized carbons (Fsp3) is 0.286. The van der Waals surface area contributed by atoms with E-state index in [-0.39, 0.29) is 42.1 Å². The predicted molar refractivity (Wildman–Crippen MR) is 173 cm³/mol. The molecule has 0 saturated carbocycles. The van der Waals surface area contributed by atoms with Crippen LogP contribution in [-0.2, 0) is 31.8 Å². The second-order valence-corrected chi connectivity index (χ2v) is 12.5. The molecule has 0 saturated heterocycles. The molecule has 2 atom stereocenters. The average Bonchev–Trinajstić information content (AvgIpc) is 3.53. The normalized spacial score (nSPS) is 12.4. The molecule has 3 aromatic rings. The second kappa shape index (κ2) is 16.8. The molecule has 0 aliphatic carbocycles. The highest BCUT2D eigenvalue weighted by Crippen LogP contribution is 2.15. The van der Waals surface area contributed by atoms with Crippen molar-refractivity contribution in [2.45, 2.75) is 37.1 Å². The number of carbonyl (C=O) groups excluding carboxylic acids is 3.